The van der Waals surface area contributed by atoms with Gasteiger partial charge in [-0.15, -0.1) is 0 Å². The van der Waals surface area contributed by atoms with Crippen LogP contribution >= 0.6 is 0 Å². The molecule has 0 aromatic heterocycles. The Balaban J connectivity index is -0.0000000200. The van der Waals surface area contributed by atoms with E-state index in [-0.39, 0.29) is 39.0 Å². The summed E-state index contributed by atoms with van der Waals surface area (Å²) in [5.74, 6) is 0. The molecule has 1 radical (unpaired) electrons. The minimum atomic E-state index is 0. The summed E-state index contributed by atoms with van der Waals surface area (Å²) < 4.78 is 0. The monoisotopic (exact) mass is 248 g/mol. The van der Waals surface area contributed by atoms with Crippen molar-refractivity contribution in [1.82, 2.24) is 0 Å². The van der Waals surface area contributed by atoms with Gasteiger partial charge in [0, 0.05) is 19.5 Å². The second-order valence-electron chi connectivity index (χ2n) is 0.447. The first-order valence-electron chi connectivity index (χ1n) is 0.894. The van der Waals surface area contributed by atoms with Crippen molar-refractivity contribution in [3.8, 4) is 0 Å². The quantitative estimate of drug-likeness (QED) is 0.556. The van der Waals surface area contributed by atoms with E-state index in [4.69, 9.17) is 0 Å². The van der Waals surface area contributed by atoms with Gasteiger partial charge in [0.25, 0.3) is 0 Å². The van der Waals surface area contributed by atoms with Crippen LogP contribution in [-0.4, -0.2) is 14.1 Å². The normalized spacial score (nSPS) is 3.60. The molecule has 0 fully saturated rings. The van der Waals surface area contributed by atoms with Crippen molar-refractivity contribution in [2.24, 2.45) is 0 Å². The Morgan fingerprint density at radius 2 is 1.20 bits per heavy atom. The molecule has 0 aromatic rings. The van der Waals surface area contributed by atoms with Gasteiger partial charge in [-0.25, -0.2) is 0 Å². The smallest absolute Gasteiger partial charge is 0.668 e. The second-order valence-corrected chi connectivity index (χ2v) is 0.447. The Morgan fingerprint density at radius 3 is 1.20 bits per heavy atom. The van der Waals surface area contributed by atoms with Crippen LogP contribution in [0.5, 0.6) is 0 Å². The molecule has 0 heterocycles. The Morgan fingerprint density at radius 1 is 1.20 bits per heavy atom. The van der Waals surface area contributed by atoms with E-state index in [1.54, 1.807) is 14.1 Å². The van der Waals surface area contributed by atoms with Crippen LogP contribution in [0.25, 0.3) is 5.32 Å². The van der Waals surface area contributed by atoms with Gasteiger partial charge in [0.15, 0.2) is 0 Å². The van der Waals surface area contributed by atoms with Gasteiger partial charge in [0.05, 0.1) is 0 Å². The molecule has 0 saturated heterocycles. The van der Waals surface area contributed by atoms with E-state index in [1.807, 2.05) is 0 Å². The molecule has 0 aliphatic carbocycles. The van der Waals surface area contributed by atoms with Gasteiger partial charge >= 0.3 is 19.5 Å². The molecular weight excluding hydrogens is 240 g/mol. The average molecular weight is 246 g/mol. The maximum absolute atomic E-state index is 3.50. The van der Waals surface area contributed by atoms with E-state index in [9.17, 15) is 0 Å². The molecule has 3 heteroatoms. The fraction of sp³-hybridized carbons (Fsp3) is 1.00. The third-order valence-electron chi connectivity index (χ3n) is 0. The Bertz CT molecular complexity index is 7.61. The predicted molar refractivity (Wildman–Crippen MR) is 15.2 cm³/mol. The van der Waals surface area contributed by atoms with Crippen LogP contribution in [0.1, 0.15) is 0 Å². The first-order valence-corrected chi connectivity index (χ1v) is 0.894. The number of rotatable bonds is 0. The zero-order valence-electron chi connectivity index (χ0n) is 3.15. The zero-order chi connectivity index (χ0) is 2.71. The van der Waals surface area contributed by atoms with Crippen molar-refractivity contribution in [3.63, 3.8) is 0 Å². The zero-order valence-corrected chi connectivity index (χ0v) is 6.63. The van der Waals surface area contributed by atoms with Gasteiger partial charge in [-0.1, -0.05) is 0 Å². The summed E-state index contributed by atoms with van der Waals surface area (Å²) in [6, 6.07) is 0. The number of hydrogen-bond donors (Lipinski definition) is 0. The Kier molecular flexibility index (Phi) is 61.9. The summed E-state index contributed by atoms with van der Waals surface area (Å²) in [6.07, 6.45) is 0. The third-order valence-corrected chi connectivity index (χ3v) is 0. The van der Waals surface area contributed by atoms with Crippen molar-refractivity contribution >= 4 is 0 Å². The predicted octanol–water partition coefficient (Wildman–Crippen LogP) is 0.615. The van der Waals surface area contributed by atoms with Gasteiger partial charge in [0.1, 0.15) is 0 Å². The minimum absolute atomic E-state index is 0. The molecule has 0 rings (SSSR count). The third kappa shape index (κ3) is 36.8. The van der Waals surface area contributed by atoms with E-state index in [0.717, 1.165) is 0 Å². The molecule has 0 aliphatic rings. The largest absolute Gasteiger partial charge is 1.00 e. The molecule has 0 saturated carbocycles. The van der Waals surface area contributed by atoms with Crippen LogP contribution in [0.15, 0.2) is 0 Å². The van der Waals surface area contributed by atoms with Crippen LogP contribution in [0.3, 0.4) is 0 Å². The van der Waals surface area contributed by atoms with Gasteiger partial charge in [-0.05, 0) is 0 Å². The van der Waals surface area contributed by atoms with Crippen LogP contribution < -0.4 is 0 Å². The summed E-state index contributed by atoms with van der Waals surface area (Å²) in [5, 5.41) is 3.50. The minimum Gasteiger partial charge on any atom is -0.668 e. The van der Waals surface area contributed by atoms with E-state index in [0.29, 0.717) is 0 Å². The van der Waals surface area contributed by atoms with E-state index in [2.05, 4.69) is 5.32 Å². The Hall–Kier alpha value is 1.21. The van der Waals surface area contributed by atoms with Crippen LogP contribution in [0.2, 0.25) is 0 Å². The molecule has 5 heavy (non-hydrogen) atoms. The standard InChI is InChI=1S/C2H6N.2Ru/c1-3-2;;/h1-2H3;;/q-1;;+1. The molecule has 0 amide bonds. The van der Waals surface area contributed by atoms with Gasteiger partial charge in [-0.2, -0.15) is 14.1 Å². The first kappa shape index (κ1) is 16.4. The molecular formula is C2H6NRu2. The summed E-state index contributed by atoms with van der Waals surface area (Å²) in [5.41, 5.74) is 0. The van der Waals surface area contributed by atoms with Gasteiger partial charge < -0.3 is 5.32 Å². The van der Waals surface area contributed by atoms with Crippen molar-refractivity contribution in [1.29, 1.82) is 0 Å². The maximum atomic E-state index is 3.50. The van der Waals surface area contributed by atoms with E-state index >= 15 is 0 Å². The first-order chi connectivity index (χ1) is 1.41. The fourth-order valence-electron chi connectivity index (χ4n) is 0. The number of hydrogen-bond acceptors (Lipinski definition) is 0. The van der Waals surface area contributed by atoms with E-state index in [1.165, 1.54) is 0 Å². The molecule has 0 N–H and O–H groups in total. The van der Waals surface area contributed by atoms with Gasteiger partial charge in [0.2, 0.25) is 0 Å². The molecule has 0 unspecified atom stereocenters. The summed E-state index contributed by atoms with van der Waals surface area (Å²) in [6.45, 7) is 0. The molecule has 1 nitrogen and oxygen atoms in total. The molecule has 0 aromatic carbocycles. The van der Waals surface area contributed by atoms with Crippen molar-refractivity contribution in [3.05, 3.63) is 5.32 Å². The van der Waals surface area contributed by atoms with E-state index < -0.39 is 0 Å². The average Bonchev–Trinajstić information content (AvgIpc) is 0.918. The molecule has 0 bridgehead atoms. The molecule has 0 atom stereocenters. The summed E-state index contributed by atoms with van der Waals surface area (Å²) in [7, 11) is 3.50. The fourth-order valence-corrected chi connectivity index (χ4v) is 0. The van der Waals surface area contributed by atoms with Crippen LogP contribution in [0, 0.1) is 0 Å². The second kappa shape index (κ2) is 18.9. The maximum Gasteiger partial charge on any atom is 1.00 e. The summed E-state index contributed by atoms with van der Waals surface area (Å²) in [4.78, 5) is 0. The Labute approximate surface area is 58.4 Å². The number of nitrogens with zero attached hydrogens (tertiary/aromatic N) is 1. The molecule has 0 spiro atoms. The van der Waals surface area contributed by atoms with Crippen molar-refractivity contribution in [2.45, 2.75) is 0 Å². The molecule has 0 aliphatic heterocycles. The topological polar surface area (TPSA) is 14.1 Å². The summed E-state index contributed by atoms with van der Waals surface area (Å²) >= 11 is 0. The van der Waals surface area contributed by atoms with Crippen LogP contribution in [-0.2, 0) is 39.0 Å². The van der Waals surface area contributed by atoms with Crippen LogP contribution in [0.4, 0.5) is 0 Å². The van der Waals surface area contributed by atoms with Gasteiger partial charge in [-0.3, -0.25) is 0 Å². The van der Waals surface area contributed by atoms with Crippen molar-refractivity contribution in [2.75, 3.05) is 14.1 Å². The van der Waals surface area contributed by atoms with Crippen molar-refractivity contribution < 1.29 is 39.0 Å². The molecule has 35 valence electrons. The SMILES string of the molecule is C[N-]C.[Ru+].[Ru].